The molecule has 1 aliphatic rings. The number of fused-ring (bicyclic) bond motifs is 1. The molecular formula is C13H15N3O. The Labute approximate surface area is 100 Å². The second-order valence-electron chi connectivity index (χ2n) is 4.43. The Kier molecular flexibility index (Phi) is 2.55. The Morgan fingerprint density at radius 3 is 3.06 bits per heavy atom. The molecule has 0 saturated heterocycles. The van der Waals surface area contributed by atoms with Crippen molar-refractivity contribution in [2.24, 2.45) is 0 Å². The van der Waals surface area contributed by atoms with E-state index < -0.39 is 0 Å². The zero-order chi connectivity index (χ0) is 11.7. The van der Waals surface area contributed by atoms with Crippen LogP contribution in [0.2, 0.25) is 0 Å². The van der Waals surface area contributed by atoms with Crippen LogP contribution in [0.1, 0.15) is 35.8 Å². The summed E-state index contributed by atoms with van der Waals surface area (Å²) in [5, 5.41) is 7.11. The molecule has 1 aromatic carbocycles. The van der Waals surface area contributed by atoms with E-state index in [2.05, 4.69) is 39.7 Å². The smallest absolute Gasteiger partial charge is 0.321 e. The van der Waals surface area contributed by atoms with Crippen molar-refractivity contribution in [1.29, 1.82) is 0 Å². The van der Waals surface area contributed by atoms with Gasteiger partial charge in [0.05, 0.1) is 6.04 Å². The quantitative estimate of drug-likeness (QED) is 0.860. The molecule has 0 fully saturated rings. The maximum Gasteiger partial charge on any atom is 0.321 e. The van der Waals surface area contributed by atoms with Crippen molar-refractivity contribution >= 4 is 6.01 Å². The first kappa shape index (κ1) is 10.3. The highest BCUT2D eigenvalue weighted by Crippen LogP contribution is 2.31. The van der Waals surface area contributed by atoms with Gasteiger partial charge in [0, 0.05) is 0 Å². The first-order valence-electron chi connectivity index (χ1n) is 5.97. The SMILES string of the molecule is Cc1noc(NC2CCCc3ccccc32)n1. The number of aryl methyl sites for hydroxylation is 2. The monoisotopic (exact) mass is 229 g/mol. The van der Waals surface area contributed by atoms with Gasteiger partial charge in [-0.3, -0.25) is 0 Å². The first-order chi connectivity index (χ1) is 8.33. The van der Waals surface area contributed by atoms with E-state index in [1.807, 2.05) is 6.92 Å². The topological polar surface area (TPSA) is 51.0 Å². The Balaban J connectivity index is 1.85. The van der Waals surface area contributed by atoms with Gasteiger partial charge in [0.1, 0.15) is 0 Å². The maximum atomic E-state index is 5.11. The number of benzene rings is 1. The number of rotatable bonds is 2. The second kappa shape index (κ2) is 4.20. The number of nitrogens with one attached hydrogen (secondary N) is 1. The van der Waals surface area contributed by atoms with E-state index in [0.717, 1.165) is 12.8 Å². The van der Waals surface area contributed by atoms with Crippen LogP contribution in [-0.2, 0) is 6.42 Å². The van der Waals surface area contributed by atoms with Gasteiger partial charge >= 0.3 is 6.01 Å². The lowest BCUT2D eigenvalue weighted by Gasteiger charge is -2.25. The zero-order valence-corrected chi connectivity index (χ0v) is 9.81. The lowest BCUT2D eigenvalue weighted by molar-refractivity contribution is 0.418. The Morgan fingerprint density at radius 1 is 1.35 bits per heavy atom. The summed E-state index contributed by atoms with van der Waals surface area (Å²) in [4.78, 5) is 4.19. The Hall–Kier alpha value is -1.84. The summed E-state index contributed by atoms with van der Waals surface area (Å²) < 4.78 is 5.11. The van der Waals surface area contributed by atoms with Crippen LogP contribution in [0.25, 0.3) is 0 Å². The summed E-state index contributed by atoms with van der Waals surface area (Å²) in [5.74, 6) is 0.664. The highest BCUT2D eigenvalue weighted by molar-refractivity contribution is 5.37. The van der Waals surface area contributed by atoms with E-state index in [-0.39, 0.29) is 0 Å². The van der Waals surface area contributed by atoms with Crippen molar-refractivity contribution in [1.82, 2.24) is 10.1 Å². The van der Waals surface area contributed by atoms with E-state index in [4.69, 9.17) is 4.52 Å². The van der Waals surface area contributed by atoms with Crippen molar-refractivity contribution in [2.75, 3.05) is 5.32 Å². The van der Waals surface area contributed by atoms with E-state index in [0.29, 0.717) is 17.9 Å². The fourth-order valence-electron chi connectivity index (χ4n) is 2.41. The number of anilines is 1. The molecule has 2 aromatic rings. The average molecular weight is 229 g/mol. The van der Waals surface area contributed by atoms with Gasteiger partial charge in [-0.1, -0.05) is 29.4 Å². The van der Waals surface area contributed by atoms with E-state index in [1.54, 1.807) is 0 Å². The predicted molar refractivity (Wildman–Crippen MR) is 64.8 cm³/mol. The number of hydrogen-bond donors (Lipinski definition) is 1. The third-order valence-electron chi connectivity index (χ3n) is 3.19. The molecule has 88 valence electrons. The van der Waals surface area contributed by atoms with Crippen molar-refractivity contribution < 1.29 is 4.52 Å². The van der Waals surface area contributed by atoms with Crippen LogP contribution in [-0.4, -0.2) is 10.1 Å². The van der Waals surface area contributed by atoms with Gasteiger partial charge in [0.2, 0.25) is 0 Å². The van der Waals surface area contributed by atoms with Gasteiger partial charge < -0.3 is 9.84 Å². The summed E-state index contributed by atoms with van der Waals surface area (Å²) >= 11 is 0. The zero-order valence-electron chi connectivity index (χ0n) is 9.81. The van der Waals surface area contributed by atoms with Crippen molar-refractivity contribution in [3.05, 3.63) is 41.2 Å². The molecule has 17 heavy (non-hydrogen) atoms. The lowest BCUT2D eigenvalue weighted by atomic mass is 9.88. The summed E-state index contributed by atoms with van der Waals surface area (Å²) in [6, 6.07) is 9.36. The molecule has 1 aromatic heterocycles. The minimum atomic E-state index is 0.291. The molecule has 0 aliphatic heterocycles. The molecule has 0 radical (unpaired) electrons. The lowest BCUT2D eigenvalue weighted by Crippen LogP contribution is -2.17. The number of nitrogens with zero attached hydrogens (tertiary/aromatic N) is 2. The Bertz CT molecular complexity index is 521. The summed E-state index contributed by atoms with van der Waals surface area (Å²) in [6.45, 7) is 1.82. The molecule has 4 heteroatoms. The molecule has 0 spiro atoms. The van der Waals surface area contributed by atoms with Crippen LogP contribution in [0.3, 0.4) is 0 Å². The van der Waals surface area contributed by atoms with Gasteiger partial charge in [0.25, 0.3) is 0 Å². The van der Waals surface area contributed by atoms with Crippen molar-refractivity contribution in [3.8, 4) is 0 Å². The third kappa shape index (κ3) is 2.02. The molecule has 1 unspecified atom stereocenters. The fraction of sp³-hybridized carbons (Fsp3) is 0.385. The summed E-state index contributed by atoms with van der Waals surface area (Å²) in [7, 11) is 0. The molecule has 0 saturated carbocycles. The molecule has 0 bridgehead atoms. The molecule has 3 rings (SSSR count). The van der Waals surface area contributed by atoms with E-state index in [1.165, 1.54) is 17.5 Å². The minimum Gasteiger partial charge on any atom is -0.331 e. The van der Waals surface area contributed by atoms with Crippen LogP contribution in [0, 0.1) is 6.92 Å². The van der Waals surface area contributed by atoms with Crippen LogP contribution in [0.15, 0.2) is 28.8 Å². The van der Waals surface area contributed by atoms with Crippen LogP contribution < -0.4 is 5.32 Å². The molecular weight excluding hydrogens is 214 g/mol. The molecule has 1 aliphatic carbocycles. The molecule has 1 N–H and O–H groups in total. The largest absolute Gasteiger partial charge is 0.331 e. The number of hydrogen-bond acceptors (Lipinski definition) is 4. The normalized spacial score (nSPS) is 18.8. The van der Waals surface area contributed by atoms with Crippen LogP contribution in [0.5, 0.6) is 0 Å². The molecule has 1 atom stereocenters. The highest BCUT2D eigenvalue weighted by atomic mass is 16.5. The van der Waals surface area contributed by atoms with Crippen LogP contribution in [0.4, 0.5) is 6.01 Å². The minimum absolute atomic E-state index is 0.291. The first-order valence-corrected chi connectivity index (χ1v) is 5.97. The number of aromatic nitrogens is 2. The average Bonchev–Trinajstić information content (AvgIpc) is 2.75. The maximum absolute atomic E-state index is 5.11. The molecule has 4 nitrogen and oxygen atoms in total. The molecule has 0 amide bonds. The second-order valence-corrected chi connectivity index (χ2v) is 4.43. The van der Waals surface area contributed by atoms with Gasteiger partial charge in [0.15, 0.2) is 5.82 Å². The van der Waals surface area contributed by atoms with Crippen molar-refractivity contribution in [3.63, 3.8) is 0 Å². The highest BCUT2D eigenvalue weighted by Gasteiger charge is 2.20. The van der Waals surface area contributed by atoms with Crippen LogP contribution >= 0.6 is 0 Å². The van der Waals surface area contributed by atoms with E-state index >= 15 is 0 Å². The van der Waals surface area contributed by atoms with Gasteiger partial charge in [-0.15, -0.1) is 0 Å². The predicted octanol–water partition coefficient (Wildman–Crippen LogP) is 2.87. The summed E-state index contributed by atoms with van der Waals surface area (Å²) in [5.41, 5.74) is 2.78. The van der Waals surface area contributed by atoms with Gasteiger partial charge in [-0.2, -0.15) is 4.98 Å². The third-order valence-corrected chi connectivity index (χ3v) is 3.19. The van der Waals surface area contributed by atoms with Gasteiger partial charge in [-0.05, 0) is 37.3 Å². The summed E-state index contributed by atoms with van der Waals surface area (Å²) in [6.07, 6.45) is 3.47. The van der Waals surface area contributed by atoms with Gasteiger partial charge in [-0.25, -0.2) is 0 Å². The van der Waals surface area contributed by atoms with Crippen molar-refractivity contribution in [2.45, 2.75) is 32.2 Å². The Morgan fingerprint density at radius 2 is 2.24 bits per heavy atom. The molecule has 1 heterocycles. The fourth-order valence-corrected chi connectivity index (χ4v) is 2.41. The van der Waals surface area contributed by atoms with E-state index in [9.17, 15) is 0 Å². The standard InChI is InChI=1S/C13H15N3O/c1-9-14-13(17-16-9)15-12-8-4-6-10-5-2-3-7-11(10)12/h2-3,5,7,12H,4,6,8H2,1H3,(H,14,15,16).